The van der Waals surface area contributed by atoms with Crippen LogP contribution in [0.2, 0.25) is 5.02 Å². The molecule has 0 saturated heterocycles. The van der Waals surface area contributed by atoms with Gasteiger partial charge in [0.2, 0.25) is 5.76 Å². The summed E-state index contributed by atoms with van der Waals surface area (Å²) in [5.74, 6) is -0.103. The van der Waals surface area contributed by atoms with E-state index in [4.69, 9.17) is 30.2 Å². The molecule has 1 aromatic heterocycles. The molecule has 0 saturated carbocycles. The highest BCUT2D eigenvalue weighted by atomic mass is 35.5. The van der Waals surface area contributed by atoms with Crippen molar-refractivity contribution in [2.75, 3.05) is 19.8 Å². The van der Waals surface area contributed by atoms with Gasteiger partial charge in [0.15, 0.2) is 5.43 Å². The van der Waals surface area contributed by atoms with Gasteiger partial charge in [0.05, 0.1) is 6.61 Å². The smallest absolute Gasteiger partial charge is 0.374 e. The first-order valence-corrected chi connectivity index (χ1v) is 9.29. The second-order valence-electron chi connectivity index (χ2n) is 6.05. The molecular weight excluding hydrogens is 400 g/mol. The molecule has 0 aliphatic heterocycles. The number of aliphatic hydroxyl groups is 1. The molecule has 1 heterocycles. The molecule has 0 amide bonds. The maximum atomic E-state index is 12.5. The van der Waals surface area contributed by atoms with Crippen LogP contribution in [-0.4, -0.2) is 37.0 Å². The third-order valence-electron chi connectivity index (χ3n) is 3.88. The third-order valence-corrected chi connectivity index (χ3v) is 4.13. The van der Waals surface area contributed by atoms with Crippen molar-refractivity contribution in [2.45, 2.75) is 13.0 Å². The van der Waals surface area contributed by atoms with E-state index >= 15 is 0 Å². The Morgan fingerprint density at radius 1 is 1.14 bits per heavy atom. The fraction of sp³-hybridized carbons (Fsp3) is 0.238. The third kappa shape index (κ3) is 5.28. The molecule has 152 valence electrons. The lowest BCUT2D eigenvalue weighted by molar-refractivity contribution is 0.0490. The van der Waals surface area contributed by atoms with E-state index in [2.05, 4.69) is 0 Å². The van der Waals surface area contributed by atoms with Crippen molar-refractivity contribution in [3.05, 3.63) is 69.5 Å². The highest BCUT2D eigenvalue weighted by Crippen LogP contribution is 2.24. The molecule has 0 bridgehead atoms. The maximum Gasteiger partial charge on any atom is 0.374 e. The SMILES string of the molecule is CCOC(=O)c1cc(=O)c2c(OCC(O)COc3ccc(Cl)cc3)cccc2o1. The Hall–Kier alpha value is -3.03. The van der Waals surface area contributed by atoms with Crippen LogP contribution in [-0.2, 0) is 4.74 Å². The van der Waals surface area contributed by atoms with Crippen LogP contribution in [0.4, 0.5) is 0 Å². The fourth-order valence-corrected chi connectivity index (χ4v) is 2.68. The molecule has 29 heavy (non-hydrogen) atoms. The fourth-order valence-electron chi connectivity index (χ4n) is 2.56. The van der Waals surface area contributed by atoms with Gasteiger partial charge in [-0.15, -0.1) is 0 Å². The van der Waals surface area contributed by atoms with Gasteiger partial charge in [-0.05, 0) is 43.3 Å². The molecule has 0 fully saturated rings. The van der Waals surface area contributed by atoms with E-state index in [-0.39, 0.29) is 42.3 Å². The summed E-state index contributed by atoms with van der Waals surface area (Å²) in [6.07, 6.45) is -0.938. The van der Waals surface area contributed by atoms with Crippen LogP contribution in [0, 0.1) is 0 Å². The number of hydrogen-bond donors (Lipinski definition) is 1. The van der Waals surface area contributed by atoms with Crippen molar-refractivity contribution in [1.82, 2.24) is 0 Å². The van der Waals surface area contributed by atoms with Gasteiger partial charge in [-0.3, -0.25) is 4.79 Å². The van der Waals surface area contributed by atoms with Gasteiger partial charge in [-0.25, -0.2) is 4.79 Å². The Morgan fingerprint density at radius 2 is 1.86 bits per heavy atom. The van der Waals surface area contributed by atoms with E-state index in [0.29, 0.717) is 10.8 Å². The van der Waals surface area contributed by atoms with Crippen LogP contribution in [0.3, 0.4) is 0 Å². The second-order valence-corrected chi connectivity index (χ2v) is 6.49. The van der Waals surface area contributed by atoms with Gasteiger partial charge in [-0.2, -0.15) is 0 Å². The summed E-state index contributed by atoms with van der Waals surface area (Å²) in [5.41, 5.74) is -0.262. The Kier molecular flexibility index (Phi) is 6.74. The predicted octanol–water partition coefficient (Wildman–Crippen LogP) is 3.44. The zero-order chi connectivity index (χ0) is 20.8. The van der Waals surface area contributed by atoms with E-state index in [0.717, 1.165) is 6.07 Å². The number of rotatable bonds is 8. The summed E-state index contributed by atoms with van der Waals surface area (Å²) in [4.78, 5) is 24.3. The summed E-state index contributed by atoms with van der Waals surface area (Å²) in [6, 6.07) is 12.5. The van der Waals surface area contributed by atoms with Crippen molar-refractivity contribution < 1.29 is 28.5 Å². The molecule has 1 N–H and O–H groups in total. The van der Waals surface area contributed by atoms with Gasteiger partial charge in [0.25, 0.3) is 0 Å². The highest BCUT2D eigenvalue weighted by Gasteiger charge is 2.16. The number of esters is 1. The second kappa shape index (κ2) is 9.45. The zero-order valence-corrected chi connectivity index (χ0v) is 16.3. The summed E-state index contributed by atoms with van der Waals surface area (Å²) in [7, 11) is 0. The number of ether oxygens (including phenoxy) is 3. The number of halogens is 1. The zero-order valence-electron chi connectivity index (χ0n) is 15.6. The Bertz CT molecular complexity index is 1040. The van der Waals surface area contributed by atoms with Crippen LogP contribution >= 0.6 is 11.6 Å². The van der Waals surface area contributed by atoms with Gasteiger partial charge in [0.1, 0.15) is 41.8 Å². The molecule has 1 unspecified atom stereocenters. The van der Waals surface area contributed by atoms with Crippen molar-refractivity contribution in [2.24, 2.45) is 0 Å². The first-order valence-electron chi connectivity index (χ1n) is 8.91. The Balaban J connectivity index is 1.68. The number of carbonyl (C=O) groups is 1. The van der Waals surface area contributed by atoms with Crippen molar-refractivity contribution in [3.63, 3.8) is 0 Å². The summed E-state index contributed by atoms with van der Waals surface area (Å²) in [5, 5.41) is 10.9. The number of hydrogen-bond acceptors (Lipinski definition) is 7. The topological polar surface area (TPSA) is 95.2 Å². The van der Waals surface area contributed by atoms with E-state index in [1.165, 1.54) is 0 Å². The lowest BCUT2D eigenvalue weighted by atomic mass is 10.2. The number of fused-ring (bicyclic) bond motifs is 1. The van der Waals surface area contributed by atoms with Crippen LogP contribution in [0.5, 0.6) is 11.5 Å². The van der Waals surface area contributed by atoms with Crippen molar-refractivity contribution in [1.29, 1.82) is 0 Å². The van der Waals surface area contributed by atoms with E-state index in [1.807, 2.05) is 0 Å². The van der Waals surface area contributed by atoms with Crippen LogP contribution < -0.4 is 14.9 Å². The minimum absolute atomic E-state index is 0.00594. The van der Waals surface area contributed by atoms with Crippen molar-refractivity contribution in [3.8, 4) is 11.5 Å². The average molecular weight is 419 g/mol. The Labute approximate surface area is 171 Å². The summed E-state index contributed by atoms with van der Waals surface area (Å²) < 4.78 is 21.4. The van der Waals surface area contributed by atoms with Gasteiger partial charge in [0, 0.05) is 11.1 Å². The van der Waals surface area contributed by atoms with Crippen molar-refractivity contribution >= 4 is 28.5 Å². The van der Waals surface area contributed by atoms with E-state index in [1.54, 1.807) is 49.4 Å². The normalized spacial score (nSPS) is 11.8. The van der Waals surface area contributed by atoms with Crippen LogP contribution in [0.25, 0.3) is 11.0 Å². The largest absolute Gasteiger partial charge is 0.491 e. The molecule has 0 spiro atoms. The number of carbonyl (C=O) groups excluding carboxylic acids is 1. The van der Waals surface area contributed by atoms with Gasteiger partial charge < -0.3 is 23.7 Å². The first-order chi connectivity index (χ1) is 14.0. The van der Waals surface area contributed by atoms with E-state index in [9.17, 15) is 14.7 Å². The van der Waals surface area contributed by atoms with Gasteiger partial charge in [-0.1, -0.05) is 17.7 Å². The monoisotopic (exact) mass is 418 g/mol. The lowest BCUT2D eigenvalue weighted by Gasteiger charge is -2.14. The predicted molar refractivity (Wildman–Crippen MR) is 107 cm³/mol. The van der Waals surface area contributed by atoms with Gasteiger partial charge >= 0.3 is 5.97 Å². The van der Waals surface area contributed by atoms with E-state index < -0.39 is 17.5 Å². The molecule has 3 rings (SSSR count). The number of benzene rings is 2. The minimum atomic E-state index is -0.938. The molecule has 0 aliphatic rings. The average Bonchev–Trinajstić information content (AvgIpc) is 2.71. The molecule has 7 nitrogen and oxygen atoms in total. The molecule has 2 aromatic carbocycles. The minimum Gasteiger partial charge on any atom is -0.491 e. The molecule has 8 heteroatoms. The molecule has 0 aliphatic carbocycles. The Morgan fingerprint density at radius 3 is 2.59 bits per heavy atom. The quantitative estimate of drug-likeness (QED) is 0.560. The van der Waals surface area contributed by atoms with Crippen LogP contribution in [0.1, 0.15) is 17.5 Å². The standard InChI is InChI=1S/C21H19ClO7/c1-2-26-21(25)19-10-16(24)20-17(4-3-5-18(20)29-19)28-12-14(23)11-27-15-8-6-13(22)7-9-15/h3-10,14,23H,2,11-12H2,1H3. The van der Waals surface area contributed by atoms with Crippen LogP contribution in [0.15, 0.2) is 57.7 Å². The molecule has 0 radical (unpaired) electrons. The molecule has 3 aromatic rings. The molecular formula is C21H19ClO7. The summed E-state index contributed by atoms with van der Waals surface area (Å²) >= 11 is 5.81. The molecule has 1 atom stereocenters. The lowest BCUT2D eigenvalue weighted by Crippen LogP contribution is -2.25. The summed E-state index contributed by atoms with van der Waals surface area (Å²) in [6.45, 7) is 1.71. The number of aliphatic hydroxyl groups excluding tert-OH is 1. The first kappa shape index (κ1) is 20.7. The highest BCUT2D eigenvalue weighted by molar-refractivity contribution is 6.30. The maximum absolute atomic E-state index is 12.5.